The molecule has 20 heavy (non-hydrogen) atoms. The third-order valence-electron chi connectivity index (χ3n) is 3.03. The van der Waals surface area contributed by atoms with Crippen LogP contribution in [-0.2, 0) is 0 Å². The van der Waals surface area contributed by atoms with Gasteiger partial charge in [0.15, 0.2) is 11.5 Å². The first-order valence-electron chi connectivity index (χ1n) is 7.87. The van der Waals surface area contributed by atoms with Crippen LogP contribution in [0.5, 0.6) is 11.5 Å². The topological polar surface area (TPSA) is 30.5 Å². The van der Waals surface area contributed by atoms with Crippen LogP contribution in [0.3, 0.4) is 0 Å². The van der Waals surface area contributed by atoms with E-state index < -0.39 is 0 Å². The Morgan fingerprint density at radius 3 is 2.50 bits per heavy atom. The van der Waals surface area contributed by atoms with Gasteiger partial charge < -0.3 is 14.8 Å². The van der Waals surface area contributed by atoms with Crippen molar-refractivity contribution in [2.45, 2.75) is 52.6 Å². The molecule has 1 rings (SSSR count). The van der Waals surface area contributed by atoms with Crippen LogP contribution in [0.25, 0.3) is 0 Å². The fraction of sp³-hybridized carbons (Fsp3) is 0.647. The second-order valence-corrected chi connectivity index (χ2v) is 5.13. The van der Waals surface area contributed by atoms with Crippen molar-refractivity contribution in [1.29, 1.82) is 0 Å². The third-order valence-corrected chi connectivity index (χ3v) is 3.03. The maximum atomic E-state index is 5.96. The van der Waals surface area contributed by atoms with Crippen LogP contribution >= 0.6 is 0 Å². The largest absolute Gasteiger partial charge is 0.490 e. The summed E-state index contributed by atoms with van der Waals surface area (Å²) < 4.78 is 11.7. The number of hydrogen-bond donors (Lipinski definition) is 1. The van der Waals surface area contributed by atoms with Gasteiger partial charge in [-0.05, 0) is 38.4 Å². The summed E-state index contributed by atoms with van der Waals surface area (Å²) in [7, 11) is 0. The van der Waals surface area contributed by atoms with Gasteiger partial charge in [0.1, 0.15) is 6.10 Å². The van der Waals surface area contributed by atoms with Crippen LogP contribution in [0.4, 0.5) is 0 Å². The molecule has 0 aliphatic rings. The molecule has 3 nitrogen and oxygen atoms in total. The van der Waals surface area contributed by atoms with E-state index in [9.17, 15) is 0 Å². The van der Waals surface area contributed by atoms with E-state index in [4.69, 9.17) is 9.47 Å². The Morgan fingerprint density at radius 2 is 1.80 bits per heavy atom. The highest BCUT2D eigenvalue weighted by Crippen LogP contribution is 2.27. The van der Waals surface area contributed by atoms with Crippen LogP contribution in [-0.4, -0.2) is 25.8 Å². The lowest BCUT2D eigenvalue weighted by molar-refractivity contribution is 0.201. The molecular weight excluding hydrogens is 250 g/mol. The number of ether oxygens (including phenoxy) is 2. The molecule has 0 spiro atoms. The number of para-hydroxylation sites is 2. The minimum absolute atomic E-state index is 0.142. The normalized spacial score (nSPS) is 12.2. The lowest BCUT2D eigenvalue weighted by Crippen LogP contribution is -2.29. The molecule has 0 bridgehead atoms. The van der Waals surface area contributed by atoms with Crippen LogP contribution < -0.4 is 14.8 Å². The molecule has 0 aliphatic heterocycles. The van der Waals surface area contributed by atoms with E-state index in [2.05, 4.69) is 26.1 Å². The summed E-state index contributed by atoms with van der Waals surface area (Å²) >= 11 is 0. The first-order chi connectivity index (χ1) is 9.77. The fourth-order valence-corrected chi connectivity index (χ4v) is 1.94. The number of unbranched alkanes of at least 4 members (excludes halogenated alkanes) is 2. The molecule has 1 aromatic carbocycles. The Balaban J connectivity index is 2.35. The summed E-state index contributed by atoms with van der Waals surface area (Å²) in [6.07, 6.45) is 4.93. The molecule has 0 aromatic heterocycles. The van der Waals surface area contributed by atoms with E-state index in [1.54, 1.807) is 0 Å². The Hall–Kier alpha value is -1.22. The van der Waals surface area contributed by atoms with Gasteiger partial charge in [-0.25, -0.2) is 0 Å². The second-order valence-electron chi connectivity index (χ2n) is 5.13. The predicted octanol–water partition coefficient (Wildman–Crippen LogP) is 4.02. The summed E-state index contributed by atoms with van der Waals surface area (Å²) in [5.41, 5.74) is 0. The molecule has 0 heterocycles. The first-order valence-corrected chi connectivity index (χ1v) is 7.87. The van der Waals surface area contributed by atoms with E-state index in [0.29, 0.717) is 0 Å². The number of rotatable bonds is 11. The lowest BCUT2D eigenvalue weighted by atomic mass is 10.2. The fourth-order valence-electron chi connectivity index (χ4n) is 1.94. The molecule has 0 fully saturated rings. The highest BCUT2D eigenvalue weighted by Gasteiger charge is 2.08. The van der Waals surface area contributed by atoms with Crippen LogP contribution in [0, 0.1) is 0 Å². The molecule has 0 saturated heterocycles. The molecule has 1 N–H and O–H groups in total. The average Bonchev–Trinajstić information content (AvgIpc) is 2.46. The van der Waals surface area contributed by atoms with Crippen molar-refractivity contribution in [3.63, 3.8) is 0 Å². The molecule has 0 amide bonds. The lowest BCUT2D eigenvalue weighted by Gasteiger charge is -2.18. The summed E-state index contributed by atoms with van der Waals surface area (Å²) in [4.78, 5) is 0. The van der Waals surface area contributed by atoms with Crippen molar-refractivity contribution < 1.29 is 9.47 Å². The Morgan fingerprint density at radius 1 is 1.05 bits per heavy atom. The van der Waals surface area contributed by atoms with Crippen LogP contribution in [0.2, 0.25) is 0 Å². The zero-order valence-corrected chi connectivity index (χ0v) is 13.2. The van der Waals surface area contributed by atoms with Gasteiger partial charge in [-0.3, -0.25) is 0 Å². The predicted molar refractivity (Wildman–Crippen MR) is 84.7 cm³/mol. The monoisotopic (exact) mass is 279 g/mol. The van der Waals surface area contributed by atoms with Gasteiger partial charge in [0.25, 0.3) is 0 Å². The maximum Gasteiger partial charge on any atom is 0.161 e. The standard InChI is InChI=1S/C17H29NO2/c1-4-6-9-12-18-14-15(3)20-17-11-8-7-10-16(17)19-13-5-2/h7-8,10-11,15,18H,4-6,9,12-14H2,1-3H3. The van der Waals surface area contributed by atoms with Gasteiger partial charge in [0.05, 0.1) is 6.61 Å². The number of nitrogens with one attached hydrogen (secondary N) is 1. The number of benzene rings is 1. The highest BCUT2D eigenvalue weighted by molar-refractivity contribution is 5.39. The molecule has 1 unspecified atom stereocenters. The summed E-state index contributed by atoms with van der Waals surface area (Å²) in [5, 5.41) is 3.44. The smallest absolute Gasteiger partial charge is 0.161 e. The van der Waals surface area contributed by atoms with Crippen molar-refractivity contribution in [2.75, 3.05) is 19.7 Å². The molecule has 1 atom stereocenters. The minimum atomic E-state index is 0.142. The molecule has 3 heteroatoms. The van der Waals surface area contributed by atoms with E-state index in [1.807, 2.05) is 24.3 Å². The molecule has 0 saturated carbocycles. The van der Waals surface area contributed by atoms with Gasteiger partial charge in [-0.2, -0.15) is 0 Å². The SMILES string of the molecule is CCCCCNCC(C)Oc1ccccc1OCCC. The molecule has 114 valence electrons. The maximum absolute atomic E-state index is 5.96. The van der Waals surface area contributed by atoms with Crippen molar-refractivity contribution in [2.24, 2.45) is 0 Å². The summed E-state index contributed by atoms with van der Waals surface area (Å²) in [6, 6.07) is 7.89. The summed E-state index contributed by atoms with van der Waals surface area (Å²) in [6.45, 7) is 9.07. The molecule has 0 aliphatic carbocycles. The van der Waals surface area contributed by atoms with Crippen molar-refractivity contribution in [1.82, 2.24) is 5.32 Å². The van der Waals surface area contributed by atoms with Crippen LogP contribution in [0.15, 0.2) is 24.3 Å². The molecular formula is C17H29NO2. The molecule has 1 aromatic rings. The zero-order chi connectivity index (χ0) is 14.6. The highest BCUT2D eigenvalue weighted by atomic mass is 16.5. The van der Waals surface area contributed by atoms with Gasteiger partial charge in [-0.15, -0.1) is 0 Å². The number of hydrogen-bond acceptors (Lipinski definition) is 3. The van der Waals surface area contributed by atoms with Gasteiger partial charge >= 0.3 is 0 Å². The van der Waals surface area contributed by atoms with E-state index in [0.717, 1.165) is 37.6 Å². The van der Waals surface area contributed by atoms with Gasteiger partial charge in [0, 0.05) is 6.54 Å². The third kappa shape index (κ3) is 6.80. The van der Waals surface area contributed by atoms with Gasteiger partial charge in [0.2, 0.25) is 0 Å². The van der Waals surface area contributed by atoms with Crippen molar-refractivity contribution in [3.8, 4) is 11.5 Å². The van der Waals surface area contributed by atoms with E-state index in [1.165, 1.54) is 19.3 Å². The summed E-state index contributed by atoms with van der Waals surface area (Å²) in [5.74, 6) is 1.68. The average molecular weight is 279 g/mol. The second kappa shape index (κ2) is 10.6. The first kappa shape index (κ1) is 16.8. The van der Waals surface area contributed by atoms with Crippen molar-refractivity contribution >= 4 is 0 Å². The Labute approximate surface area is 123 Å². The Bertz CT molecular complexity index is 355. The quantitative estimate of drug-likeness (QED) is 0.621. The van der Waals surface area contributed by atoms with E-state index >= 15 is 0 Å². The van der Waals surface area contributed by atoms with Crippen LogP contribution in [0.1, 0.15) is 46.5 Å². The van der Waals surface area contributed by atoms with Gasteiger partial charge in [-0.1, -0.05) is 38.8 Å². The zero-order valence-electron chi connectivity index (χ0n) is 13.2. The molecule has 0 radical (unpaired) electrons. The van der Waals surface area contributed by atoms with Crippen molar-refractivity contribution in [3.05, 3.63) is 24.3 Å². The Kier molecular flexibility index (Phi) is 8.88. The van der Waals surface area contributed by atoms with E-state index in [-0.39, 0.29) is 6.10 Å². The minimum Gasteiger partial charge on any atom is -0.490 e.